The van der Waals surface area contributed by atoms with Crippen LogP contribution in [0.1, 0.15) is 0 Å². The fraction of sp³-hybridized carbons (Fsp3) is 0.0833. The number of nitrogens with two attached hydrogens (primary N) is 1. The lowest BCUT2D eigenvalue weighted by Gasteiger charge is -2.18. The molecular formula is C12H12FN3. The van der Waals surface area contributed by atoms with Crippen molar-refractivity contribution in [2.75, 3.05) is 17.7 Å². The molecule has 1 aromatic heterocycles. The normalized spacial score (nSPS) is 10.1. The minimum Gasteiger partial charge on any atom is -0.384 e. The third-order valence-corrected chi connectivity index (χ3v) is 2.30. The highest BCUT2D eigenvalue weighted by molar-refractivity contribution is 5.60. The van der Waals surface area contributed by atoms with Crippen LogP contribution in [0, 0.1) is 5.82 Å². The van der Waals surface area contributed by atoms with Crippen molar-refractivity contribution in [3.8, 4) is 0 Å². The van der Waals surface area contributed by atoms with Crippen LogP contribution >= 0.6 is 0 Å². The van der Waals surface area contributed by atoms with Gasteiger partial charge in [0, 0.05) is 12.7 Å². The average Bonchev–Trinajstić information content (AvgIpc) is 2.28. The number of benzene rings is 1. The lowest BCUT2D eigenvalue weighted by Crippen LogP contribution is -2.11. The maximum atomic E-state index is 13.1. The van der Waals surface area contributed by atoms with E-state index in [0.29, 0.717) is 11.6 Å². The zero-order valence-corrected chi connectivity index (χ0v) is 8.89. The molecule has 2 N–H and O–H groups in total. The predicted octanol–water partition coefficient (Wildman–Crippen LogP) is 2.57. The van der Waals surface area contributed by atoms with E-state index in [9.17, 15) is 4.39 Å². The van der Waals surface area contributed by atoms with Crippen molar-refractivity contribution in [1.82, 2.24) is 4.98 Å². The van der Waals surface area contributed by atoms with E-state index in [-0.39, 0.29) is 5.82 Å². The van der Waals surface area contributed by atoms with E-state index in [2.05, 4.69) is 4.98 Å². The van der Waals surface area contributed by atoms with Gasteiger partial charge in [0.1, 0.15) is 17.5 Å². The first-order chi connectivity index (χ1) is 7.66. The molecule has 2 rings (SSSR count). The first-order valence-electron chi connectivity index (χ1n) is 4.88. The summed E-state index contributed by atoms with van der Waals surface area (Å²) in [6, 6.07) is 11.7. The maximum absolute atomic E-state index is 13.1. The number of aromatic nitrogens is 1. The maximum Gasteiger partial charge on any atom is 0.135 e. The first kappa shape index (κ1) is 10.4. The molecule has 0 aliphatic heterocycles. The Bertz CT molecular complexity index is 454. The number of pyridine rings is 1. The highest BCUT2D eigenvalue weighted by Crippen LogP contribution is 2.22. The highest BCUT2D eigenvalue weighted by Gasteiger charge is 2.05. The van der Waals surface area contributed by atoms with E-state index in [1.807, 2.05) is 25.2 Å². The number of hydrogen-bond donors (Lipinski definition) is 1. The van der Waals surface area contributed by atoms with Gasteiger partial charge in [0.15, 0.2) is 0 Å². The van der Waals surface area contributed by atoms with Crippen molar-refractivity contribution >= 4 is 17.3 Å². The van der Waals surface area contributed by atoms with Gasteiger partial charge in [0.05, 0.1) is 0 Å². The Morgan fingerprint density at radius 1 is 1.19 bits per heavy atom. The van der Waals surface area contributed by atoms with Gasteiger partial charge in [-0.1, -0.05) is 12.1 Å². The number of nitrogen functional groups attached to an aromatic ring is 1. The minimum atomic E-state index is -0.270. The molecule has 0 bridgehead atoms. The van der Waals surface area contributed by atoms with Crippen LogP contribution in [0.2, 0.25) is 0 Å². The Kier molecular flexibility index (Phi) is 2.72. The Balaban J connectivity index is 2.35. The molecule has 0 spiro atoms. The molecule has 0 aliphatic rings. The molecule has 0 saturated carbocycles. The summed E-state index contributed by atoms with van der Waals surface area (Å²) in [5.74, 6) is 0.861. The molecule has 3 nitrogen and oxygen atoms in total. The van der Waals surface area contributed by atoms with Crippen LogP contribution in [-0.4, -0.2) is 12.0 Å². The van der Waals surface area contributed by atoms with E-state index >= 15 is 0 Å². The molecule has 0 amide bonds. The Hall–Kier alpha value is -2.10. The van der Waals surface area contributed by atoms with Crippen molar-refractivity contribution in [2.45, 2.75) is 0 Å². The van der Waals surface area contributed by atoms with Crippen molar-refractivity contribution in [3.63, 3.8) is 0 Å². The minimum absolute atomic E-state index is 0.270. The third kappa shape index (κ3) is 2.11. The molecule has 1 aromatic carbocycles. The van der Waals surface area contributed by atoms with Crippen molar-refractivity contribution < 1.29 is 4.39 Å². The summed E-state index contributed by atoms with van der Waals surface area (Å²) < 4.78 is 13.1. The van der Waals surface area contributed by atoms with E-state index < -0.39 is 0 Å². The third-order valence-electron chi connectivity index (χ3n) is 2.30. The van der Waals surface area contributed by atoms with Crippen molar-refractivity contribution in [3.05, 3.63) is 48.3 Å². The molecule has 16 heavy (non-hydrogen) atoms. The second kappa shape index (κ2) is 4.18. The van der Waals surface area contributed by atoms with E-state index in [1.165, 1.54) is 12.1 Å². The van der Waals surface area contributed by atoms with Gasteiger partial charge in [0.2, 0.25) is 0 Å². The SMILES string of the molecule is CN(c1cccc(F)c1)c1cccc(N)n1. The van der Waals surface area contributed by atoms with Crippen LogP contribution in [0.3, 0.4) is 0 Å². The number of halogens is 1. The van der Waals surface area contributed by atoms with Gasteiger partial charge >= 0.3 is 0 Å². The second-order valence-corrected chi connectivity index (χ2v) is 3.46. The highest BCUT2D eigenvalue weighted by atomic mass is 19.1. The molecule has 2 aromatic rings. The smallest absolute Gasteiger partial charge is 0.135 e. The van der Waals surface area contributed by atoms with Gasteiger partial charge in [-0.2, -0.15) is 0 Å². The molecule has 0 radical (unpaired) electrons. The van der Waals surface area contributed by atoms with Gasteiger partial charge in [-0.15, -0.1) is 0 Å². The fourth-order valence-electron chi connectivity index (χ4n) is 1.44. The quantitative estimate of drug-likeness (QED) is 0.840. The van der Waals surface area contributed by atoms with Crippen LogP contribution in [0.25, 0.3) is 0 Å². The summed E-state index contributed by atoms with van der Waals surface area (Å²) in [5.41, 5.74) is 6.33. The second-order valence-electron chi connectivity index (χ2n) is 3.46. The summed E-state index contributed by atoms with van der Waals surface area (Å²) in [7, 11) is 1.82. The molecule has 0 aliphatic carbocycles. The zero-order valence-electron chi connectivity index (χ0n) is 8.89. The lowest BCUT2D eigenvalue weighted by atomic mass is 10.3. The summed E-state index contributed by atoms with van der Waals surface area (Å²) >= 11 is 0. The van der Waals surface area contributed by atoms with Crippen LogP contribution in [-0.2, 0) is 0 Å². The molecule has 0 atom stereocenters. The zero-order chi connectivity index (χ0) is 11.5. The standard InChI is InChI=1S/C12H12FN3/c1-16(10-5-2-4-9(13)8-10)12-7-3-6-11(14)15-12/h2-8H,1H3,(H2,14,15). The van der Waals surface area contributed by atoms with E-state index in [4.69, 9.17) is 5.73 Å². The fourth-order valence-corrected chi connectivity index (χ4v) is 1.44. The summed E-state index contributed by atoms with van der Waals surface area (Å²) in [5, 5.41) is 0. The molecular weight excluding hydrogens is 205 g/mol. The Morgan fingerprint density at radius 3 is 2.62 bits per heavy atom. The van der Waals surface area contributed by atoms with E-state index in [1.54, 1.807) is 17.0 Å². The first-order valence-corrected chi connectivity index (χ1v) is 4.88. The Labute approximate surface area is 93.3 Å². The van der Waals surface area contributed by atoms with Crippen LogP contribution in [0.5, 0.6) is 0 Å². The van der Waals surface area contributed by atoms with Crippen molar-refractivity contribution in [2.24, 2.45) is 0 Å². The average molecular weight is 217 g/mol. The number of nitrogens with zero attached hydrogens (tertiary/aromatic N) is 2. The largest absolute Gasteiger partial charge is 0.384 e. The van der Waals surface area contributed by atoms with Gasteiger partial charge in [-0.05, 0) is 30.3 Å². The topological polar surface area (TPSA) is 42.1 Å². The Morgan fingerprint density at radius 2 is 1.94 bits per heavy atom. The molecule has 4 heteroatoms. The van der Waals surface area contributed by atoms with Crippen LogP contribution in [0.4, 0.5) is 21.7 Å². The number of hydrogen-bond acceptors (Lipinski definition) is 3. The summed E-state index contributed by atoms with van der Waals surface area (Å²) in [4.78, 5) is 5.94. The van der Waals surface area contributed by atoms with E-state index in [0.717, 1.165) is 5.69 Å². The molecule has 0 unspecified atom stereocenters. The summed E-state index contributed by atoms with van der Waals surface area (Å²) in [6.07, 6.45) is 0. The lowest BCUT2D eigenvalue weighted by molar-refractivity contribution is 0.628. The molecule has 82 valence electrons. The monoisotopic (exact) mass is 217 g/mol. The van der Waals surface area contributed by atoms with Crippen LogP contribution < -0.4 is 10.6 Å². The van der Waals surface area contributed by atoms with Crippen LogP contribution in [0.15, 0.2) is 42.5 Å². The number of anilines is 3. The van der Waals surface area contributed by atoms with Gasteiger partial charge in [-0.25, -0.2) is 9.37 Å². The number of rotatable bonds is 2. The molecule has 1 heterocycles. The summed E-state index contributed by atoms with van der Waals surface area (Å²) in [6.45, 7) is 0. The van der Waals surface area contributed by atoms with Gasteiger partial charge < -0.3 is 10.6 Å². The van der Waals surface area contributed by atoms with Gasteiger partial charge in [0.25, 0.3) is 0 Å². The predicted molar refractivity (Wildman–Crippen MR) is 63.1 cm³/mol. The van der Waals surface area contributed by atoms with Crippen molar-refractivity contribution in [1.29, 1.82) is 0 Å². The molecule has 0 fully saturated rings. The van der Waals surface area contributed by atoms with Gasteiger partial charge in [-0.3, -0.25) is 0 Å². The molecule has 0 saturated heterocycles.